The van der Waals surface area contributed by atoms with E-state index in [1.54, 1.807) is 0 Å². The van der Waals surface area contributed by atoms with Gasteiger partial charge in [0.15, 0.2) is 0 Å². The van der Waals surface area contributed by atoms with E-state index in [2.05, 4.69) is 35.1 Å². The highest BCUT2D eigenvalue weighted by Gasteiger charge is 2.38. The van der Waals surface area contributed by atoms with Gasteiger partial charge in [-0.15, -0.1) is 0 Å². The lowest BCUT2D eigenvalue weighted by Crippen LogP contribution is -2.36. The molecule has 1 aliphatic carbocycles. The lowest BCUT2D eigenvalue weighted by atomic mass is 9.81. The normalized spacial score (nSPS) is 25.9. The Balaban J connectivity index is 2.46. The number of carbonyl (C=O) groups is 1. The van der Waals surface area contributed by atoms with Crippen LogP contribution >= 0.6 is 15.9 Å². The van der Waals surface area contributed by atoms with Crippen LogP contribution in [0.4, 0.5) is 0 Å². The highest BCUT2D eigenvalue weighted by Crippen LogP contribution is 2.42. The van der Waals surface area contributed by atoms with Crippen molar-refractivity contribution in [1.82, 2.24) is 5.32 Å². The molecule has 0 bridgehead atoms. The maximum Gasteiger partial charge on any atom is 0.223 e. The molecule has 1 fully saturated rings. The predicted molar refractivity (Wildman–Crippen MR) is 57.9 cm³/mol. The van der Waals surface area contributed by atoms with Crippen LogP contribution in [-0.4, -0.2) is 17.8 Å². The Morgan fingerprint density at radius 2 is 2.31 bits per heavy atom. The minimum absolute atomic E-state index is 0.205. The van der Waals surface area contributed by atoms with Gasteiger partial charge in [0.05, 0.1) is 0 Å². The van der Waals surface area contributed by atoms with Crippen molar-refractivity contribution in [3.63, 3.8) is 0 Å². The Morgan fingerprint density at radius 3 is 2.77 bits per heavy atom. The molecule has 1 unspecified atom stereocenters. The molecule has 0 aromatic carbocycles. The average Bonchev–Trinajstić information content (AvgIpc) is 2.41. The highest BCUT2D eigenvalue weighted by atomic mass is 79.9. The van der Waals surface area contributed by atoms with E-state index in [0.717, 1.165) is 18.3 Å². The fourth-order valence-electron chi connectivity index (χ4n) is 2.11. The van der Waals surface area contributed by atoms with Crippen molar-refractivity contribution in [3.8, 4) is 0 Å². The summed E-state index contributed by atoms with van der Waals surface area (Å²) in [5.41, 5.74) is 0.205. The van der Waals surface area contributed by atoms with Crippen molar-refractivity contribution in [2.75, 3.05) is 11.9 Å². The summed E-state index contributed by atoms with van der Waals surface area (Å²) in [7, 11) is 0. The zero-order chi connectivity index (χ0) is 9.90. The Kier molecular flexibility index (Phi) is 3.77. The van der Waals surface area contributed by atoms with Crippen molar-refractivity contribution in [3.05, 3.63) is 0 Å². The van der Waals surface area contributed by atoms with Crippen molar-refractivity contribution >= 4 is 21.8 Å². The first-order valence-electron chi connectivity index (χ1n) is 4.91. The Labute approximate surface area is 88.6 Å². The standard InChI is InChI=1S/C10H18BrNO/c1-10(2)5-3-4-8(10)9(13)12-7-6-11/h8H,3-7H2,1-2H3,(H,12,13). The number of amides is 1. The Morgan fingerprint density at radius 1 is 1.62 bits per heavy atom. The van der Waals surface area contributed by atoms with E-state index in [-0.39, 0.29) is 17.2 Å². The van der Waals surface area contributed by atoms with Crippen molar-refractivity contribution in [2.24, 2.45) is 11.3 Å². The van der Waals surface area contributed by atoms with E-state index in [4.69, 9.17) is 0 Å². The second kappa shape index (κ2) is 4.45. The fraction of sp³-hybridized carbons (Fsp3) is 0.900. The van der Waals surface area contributed by atoms with E-state index in [1.165, 1.54) is 12.8 Å². The first kappa shape index (κ1) is 11.0. The van der Waals surface area contributed by atoms with Crippen LogP contribution in [0.2, 0.25) is 0 Å². The minimum atomic E-state index is 0.205. The van der Waals surface area contributed by atoms with Crippen molar-refractivity contribution in [2.45, 2.75) is 33.1 Å². The molecule has 13 heavy (non-hydrogen) atoms. The second-order valence-corrected chi connectivity index (χ2v) is 5.21. The van der Waals surface area contributed by atoms with Gasteiger partial charge in [0.1, 0.15) is 0 Å². The number of halogens is 1. The molecule has 0 saturated heterocycles. The van der Waals surface area contributed by atoms with Crippen LogP contribution in [-0.2, 0) is 4.79 Å². The van der Waals surface area contributed by atoms with Crippen LogP contribution in [0.5, 0.6) is 0 Å². The fourth-order valence-corrected chi connectivity index (χ4v) is 2.30. The first-order chi connectivity index (χ1) is 6.08. The topological polar surface area (TPSA) is 29.1 Å². The molecule has 0 spiro atoms. The summed E-state index contributed by atoms with van der Waals surface area (Å²) >= 11 is 3.30. The number of nitrogens with one attached hydrogen (secondary N) is 1. The molecule has 0 aromatic rings. The summed E-state index contributed by atoms with van der Waals surface area (Å²) in [6, 6.07) is 0. The third-order valence-electron chi connectivity index (χ3n) is 2.97. The third kappa shape index (κ3) is 2.70. The number of carbonyl (C=O) groups excluding carboxylic acids is 1. The van der Waals surface area contributed by atoms with Crippen LogP contribution < -0.4 is 5.32 Å². The van der Waals surface area contributed by atoms with Gasteiger partial charge in [0.2, 0.25) is 5.91 Å². The summed E-state index contributed by atoms with van der Waals surface area (Å²) in [6.45, 7) is 5.13. The van der Waals surface area contributed by atoms with Gasteiger partial charge in [-0.2, -0.15) is 0 Å². The van der Waals surface area contributed by atoms with E-state index < -0.39 is 0 Å². The second-order valence-electron chi connectivity index (χ2n) is 4.41. The van der Waals surface area contributed by atoms with Gasteiger partial charge in [-0.25, -0.2) is 0 Å². The average molecular weight is 248 g/mol. The maximum atomic E-state index is 11.7. The molecular formula is C10H18BrNO. The van der Waals surface area contributed by atoms with E-state index in [0.29, 0.717) is 0 Å². The molecule has 0 radical (unpaired) electrons. The monoisotopic (exact) mass is 247 g/mol. The van der Waals surface area contributed by atoms with Crippen LogP contribution in [0, 0.1) is 11.3 Å². The van der Waals surface area contributed by atoms with Gasteiger partial charge >= 0.3 is 0 Å². The van der Waals surface area contributed by atoms with Crippen LogP contribution in [0.1, 0.15) is 33.1 Å². The zero-order valence-corrected chi connectivity index (χ0v) is 9.99. The molecule has 76 valence electrons. The predicted octanol–water partition coefficient (Wildman–Crippen LogP) is 2.32. The molecule has 0 aromatic heterocycles. The molecule has 1 amide bonds. The molecule has 1 saturated carbocycles. The summed E-state index contributed by atoms with van der Waals surface area (Å²) in [5, 5.41) is 3.78. The first-order valence-corrected chi connectivity index (χ1v) is 6.04. The Bertz CT molecular complexity index is 191. The molecule has 2 nitrogen and oxygen atoms in total. The number of hydrogen-bond donors (Lipinski definition) is 1. The van der Waals surface area contributed by atoms with Crippen molar-refractivity contribution < 1.29 is 4.79 Å². The summed E-state index contributed by atoms with van der Waals surface area (Å²) in [6.07, 6.45) is 3.43. The molecule has 1 atom stereocenters. The van der Waals surface area contributed by atoms with Crippen LogP contribution in [0.25, 0.3) is 0 Å². The quantitative estimate of drug-likeness (QED) is 0.763. The van der Waals surface area contributed by atoms with Crippen LogP contribution in [0.15, 0.2) is 0 Å². The van der Waals surface area contributed by atoms with Gasteiger partial charge in [-0.1, -0.05) is 36.2 Å². The summed E-state index contributed by atoms with van der Waals surface area (Å²) in [5.74, 6) is 0.466. The molecule has 3 heteroatoms. The minimum Gasteiger partial charge on any atom is -0.355 e. The van der Waals surface area contributed by atoms with Crippen molar-refractivity contribution in [1.29, 1.82) is 0 Å². The van der Waals surface area contributed by atoms with E-state index in [1.807, 2.05) is 0 Å². The van der Waals surface area contributed by atoms with Gasteiger partial charge in [-0.3, -0.25) is 4.79 Å². The summed E-state index contributed by atoms with van der Waals surface area (Å²) in [4.78, 5) is 11.7. The molecule has 1 N–H and O–H groups in total. The number of rotatable bonds is 3. The number of alkyl halides is 1. The van der Waals surface area contributed by atoms with Gasteiger partial charge in [0.25, 0.3) is 0 Å². The molecule has 1 rings (SSSR count). The smallest absolute Gasteiger partial charge is 0.223 e. The maximum absolute atomic E-state index is 11.7. The van der Waals surface area contributed by atoms with E-state index >= 15 is 0 Å². The van der Waals surface area contributed by atoms with Gasteiger partial charge in [0, 0.05) is 17.8 Å². The summed E-state index contributed by atoms with van der Waals surface area (Å²) < 4.78 is 0. The SMILES string of the molecule is CC1(C)CCCC1C(=O)NCCBr. The Hall–Kier alpha value is -0.0500. The largest absolute Gasteiger partial charge is 0.355 e. The zero-order valence-electron chi connectivity index (χ0n) is 8.40. The van der Waals surface area contributed by atoms with E-state index in [9.17, 15) is 4.79 Å². The van der Waals surface area contributed by atoms with Gasteiger partial charge in [-0.05, 0) is 18.3 Å². The lowest BCUT2D eigenvalue weighted by Gasteiger charge is -2.25. The van der Waals surface area contributed by atoms with Crippen LogP contribution in [0.3, 0.4) is 0 Å². The molecule has 0 aliphatic heterocycles. The molecule has 1 aliphatic rings. The van der Waals surface area contributed by atoms with Gasteiger partial charge < -0.3 is 5.32 Å². The third-order valence-corrected chi connectivity index (χ3v) is 3.36. The number of hydrogen-bond acceptors (Lipinski definition) is 1. The molecule has 0 heterocycles. The highest BCUT2D eigenvalue weighted by molar-refractivity contribution is 9.09. The molecular weight excluding hydrogens is 230 g/mol. The lowest BCUT2D eigenvalue weighted by molar-refractivity contribution is -0.127.